The number of hydrogen-bond acceptors (Lipinski definition) is 5. The van der Waals surface area contributed by atoms with Gasteiger partial charge in [-0.25, -0.2) is 0 Å². The van der Waals surface area contributed by atoms with Crippen LogP contribution in [0.3, 0.4) is 0 Å². The first-order chi connectivity index (χ1) is 12.2. The summed E-state index contributed by atoms with van der Waals surface area (Å²) in [6.45, 7) is 5.43. The number of H-pyrrole nitrogens is 1. The second kappa shape index (κ2) is 6.59. The van der Waals surface area contributed by atoms with Gasteiger partial charge in [-0.05, 0) is 51.6 Å². The summed E-state index contributed by atoms with van der Waals surface area (Å²) in [4.78, 5) is 26.8. The minimum Gasteiger partial charge on any atom is -0.503 e. The van der Waals surface area contributed by atoms with Crippen molar-refractivity contribution in [1.29, 1.82) is 0 Å². The van der Waals surface area contributed by atoms with Crippen LogP contribution in [0.2, 0.25) is 0 Å². The summed E-state index contributed by atoms with van der Waals surface area (Å²) in [5, 5.41) is 9.75. The molecule has 1 fully saturated rings. The highest BCUT2D eigenvalue weighted by Gasteiger charge is 2.22. The molecule has 0 atom stereocenters. The van der Waals surface area contributed by atoms with Crippen LogP contribution in [0.1, 0.15) is 43.9 Å². The topological polar surface area (TPSA) is 81.6 Å². The van der Waals surface area contributed by atoms with Crippen molar-refractivity contribution in [2.45, 2.75) is 45.4 Å². The van der Waals surface area contributed by atoms with E-state index in [4.69, 9.17) is 4.99 Å². The molecule has 0 saturated carbocycles. The molecular formula is C19H24N4O2. The van der Waals surface area contributed by atoms with Gasteiger partial charge in [0.2, 0.25) is 0 Å². The molecule has 0 amide bonds. The molecule has 3 heterocycles. The van der Waals surface area contributed by atoms with Gasteiger partial charge >= 0.3 is 0 Å². The summed E-state index contributed by atoms with van der Waals surface area (Å²) < 4.78 is 0. The molecule has 6 heteroatoms. The van der Waals surface area contributed by atoms with Gasteiger partial charge in [-0.1, -0.05) is 6.92 Å². The smallest absolute Gasteiger partial charge is 0.290 e. The number of nitrogens with zero attached hydrogens (tertiary/aromatic N) is 3. The van der Waals surface area contributed by atoms with Gasteiger partial charge in [-0.2, -0.15) is 0 Å². The quantitative estimate of drug-likeness (QED) is 0.881. The maximum Gasteiger partial charge on any atom is 0.290 e. The van der Waals surface area contributed by atoms with Gasteiger partial charge in [0.1, 0.15) is 0 Å². The monoisotopic (exact) mass is 340 g/mol. The van der Waals surface area contributed by atoms with E-state index in [2.05, 4.69) is 21.8 Å². The number of rotatable bonds is 2. The molecular weight excluding hydrogens is 316 g/mol. The number of aromatic nitrogens is 2. The first-order valence-corrected chi connectivity index (χ1v) is 9.22. The lowest BCUT2D eigenvalue weighted by Crippen LogP contribution is -2.24. The number of hydrogen-bond donors (Lipinski definition) is 2. The number of pyridine rings is 2. The van der Waals surface area contributed by atoms with E-state index in [1.807, 2.05) is 0 Å². The van der Waals surface area contributed by atoms with Crippen molar-refractivity contribution in [1.82, 2.24) is 14.9 Å². The molecule has 0 bridgehead atoms. The predicted octanol–water partition coefficient (Wildman–Crippen LogP) is 2.70. The van der Waals surface area contributed by atoms with Gasteiger partial charge in [0.05, 0.1) is 16.7 Å². The van der Waals surface area contributed by atoms with E-state index >= 15 is 0 Å². The van der Waals surface area contributed by atoms with E-state index in [-0.39, 0.29) is 5.75 Å². The summed E-state index contributed by atoms with van der Waals surface area (Å²) in [5.41, 5.74) is 5.10. The SMILES string of the molecule is CCN1CCCC(=Nc2c3c(nc4cc(O)c(=O)[nH]c24)CCC3)CC1. The molecule has 0 radical (unpaired) electrons. The summed E-state index contributed by atoms with van der Waals surface area (Å²) in [6, 6.07) is 1.46. The van der Waals surface area contributed by atoms with Crippen LogP contribution in [-0.4, -0.2) is 45.3 Å². The highest BCUT2D eigenvalue weighted by molar-refractivity contribution is 5.95. The van der Waals surface area contributed by atoms with E-state index < -0.39 is 5.56 Å². The number of aromatic hydroxyl groups is 1. The average molecular weight is 340 g/mol. The molecule has 132 valence electrons. The molecule has 4 rings (SSSR count). The lowest BCUT2D eigenvalue weighted by atomic mass is 10.1. The molecule has 0 spiro atoms. The van der Waals surface area contributed by atoms with Crippen molar-refractivity contribution in [2.24, 2.45) is 4.99 Å². The second-order valence-electron chi connectivity index (χ2n) is 6.95. The van der Waals surface area contributed by atoms with Crippen molar-refractivity contribution in [3.8, 4) is 5.75 Å². The number of aliphatic imine (C=N–C) groups is 1. The Kier molecular flexibility index (Phi) is 4.29. The van der Waals surface area contributed by atoms with E-state index in [0.29, 0.717) is 11.0 Å². The van der Waals surface area contributed by atoms with Gasteiger partial charge in [0.15, 0.2) is 5.75 Å². The van der Waals surface area contributed by atoms with E-state index in [0.717, 1.165) is 75.1 Å². The van der Waals surface area contributed by atoms with Gasteiger partial charge < -0.3 is 15.0 Å². The maximum absolute atomic E-state index is 11.9. The van der Waals surface area contributed by atoms with Crippen LogP contribution in [0.15, 0.2) is 15.9 Å². The fourth-order valence-electron chi connectivity index (χ4n) is 3.92. The molecule has 2 N–H and O–H groups in total. The summed E-state index contributed by atoms with van der Waals surface area (Å²) in [6.07, 6.45) is 6.04. The maximum atomic E-state index is 11.9. The zero-order valence-corrected chi connectivity index (χ0v) is 14.6. The summed E-state index contributed by atoms with van der Waals surface area (Å²) in [7, 11) is 0. The van der Waals surface area contributed by atoms with Crippen LogP contribution in [-0.2, 0) is 12.8 Å². The Morgan fingerprint density at radius 1 is 1.24 bits per heavy atom. The second-order valence-corrected chi connectivity index (χ2v) is 6.95. The van der Waals surface area contributed by atoms with Crippen LogP contribution in [0.4, 0.5) is 5.69 Å². The van der Waals surface area contributed by atoms with Crippen molar-refractivity contribution >= 4 is 22.4 Å². The van der Waals surface area contributed by atoms with Crippen molar-refractivity contribution in [3.63, 3.8) is 0 Å². The molecule has 2 aromatic rings. The number of likely N-dealkylation sites (tertiary alicyclic amines) is 1. The lowest BCUT2D eigenvalue weighted by Gasteiger charge is -2.16. The number of aryl methyl sites for hydroxylation is 1. The Morgan fingerprint density at radius 2 is 2.12 bits per heavy atom. The third-order valence-corrected chi connectivity index (χ3v) is 5.34. The zero-order valence-electron chi connectivity index (χ0n) is 14.6. The first-order valence-electron chi connectivity index (χ1n) is 9.22. The summed E-state index contributed by atoms with van der Waals surface area (Å²) >= 11 is 0. The van der Waals surface area contributed by atoms with E-state index in [1.54, 1.807) is 0 Å². The minimum absolute atomic E-state index is 0.287. The number of fused-ring (bicyclic) bond motifs is 2. The highest BCUT2D eigenvalue weighted by Crippen LogP contribution is 2.36. The fraction of sp³-hybridized carbons (Fsp3) is 0.526. The number of nitrogens with one attached hydrogen (secondary N) is 1. The molecule has 1 saturated heterocycles. The van der Waals surface area contributed by atoms with Crippen LogP contribution in [0.25, 0.3) is 11.0 Å². The minimum atomic E-state index is -0.480. The molecule has 0 aromatic carbocycles. The Labute approximate surface area is 146 Å². The standard InChI is InChI=1S/C19H24N4O2/c1-2-23-9-4-5-12(8-10-23)20-17-13-6-3-7-14(13)21-15-11-16(24)19(25)22-18(15)17/h11,24H,2-10H2,1H3,(H,22,25). The van der Waals surface area contributed by atoms with Crippen molar-refractivity contribution in [3.05, 3.63) is 27.7 Å². The molecule has 2 aliphatic rings. The van der Waals surface area contributed by atoms with Gasteiger partial charge in [0, 0.05) is 29.6 Å². The van der Waals surface area contributed by atoms with Crippen LogP contribution >= 0.6 is 0 Å². The van der Waals surface area contributed by atoms with Crippen LogP contribution in [0.5, 0.6) is 5.75 Å². The predicted molar refractivity (Wildman–Crippen MR) is 99.1 cm³/mol. The molecule has 1 aliphatic carbocycles. The largest absolute Gasteiger partial charge is 0.503 e. The molecule has 25 heavy (non-hydrogen) atoms. The van der Waals surface area contributed by atoms with Crippen molar-refractivity contribution < 1.29 is 5.11 Å². The van der Waals surface area contributed by atoms with Gasteiger partial charge in [-0.3, -0.25) is 14.8 Å². The molecule has 0 unspecified atom stereocenters. The Hall–Kier alpha value is -2.21. The third kappa shape index (κ3) is 3.06. The van der Waals surface area contributed by atoms with E-state index in [9.17, 15) is 9.90 Å². The summed E-state index contributed by atoms with van der Waals surface area (Å²) in [5.74, 6) is -0.287. The normalized spacial score (nSPS) is 20.1. The number of aromatic amines is 1. The third-order valence-electron chi connectivity index (χ3n) is 5.34. The van der Waals surface area contributed by atoms with Crippen molar-refractivity contribution in [2.75, 3.05) is 19.6 Å². The Bertz CT molecular complexity index is 900. The zero-order chi connectivity index (χ0) is 17.4. The molecule has 6 nitrogen and oxygen atoms in total. The average Bonchev–Trinajstić information content (AvgIpc) is 2.94. The van der Waals surface area contributed by atoms with Crippen LogP contribution in [0, 0.1) is 0 Å². The highest BCUT2D eigenvalue weighted by atomic mass is 16.3. The van der Waals surface area contributed by atoms with E-state index in [1.165, 1.54) is 11.8 Å². The first kappa shape index (κ1) is 16.3. The van der Waals surface area contributed by atoms with Crippen LogP contribution < -0.4 is 5.56 Å². The molecule has 1 aliphatic heterocycles. The van der Waals surface area contributed by atoms with Gasteiger partial charge in [0.25, 0.3) is 5.56 Å². The molecule has 2 aromatic heterocycles. The van der Waals surface area contributed by atoms with Gasteiger partial charge in [-0.15, -0.1) is 0 Å². The Balaban J connectivity index is 1.84. The Morgan fingerprint density at radius 3 is 2.96 bits per heavy atom. The lowest BCUT2D eigenvalue weighted by molar-refractivity contribution is 0.303. The fourth-order valence-corrected chi connectivity index (χ4v) is 3.92.